The van der Waals surface area contributed by atoms with Gasteiger partial charge in [0.1, 0.15) is 18.2 Å². The van der Waals surface area contributed by atoms with Gasteiger partial charge in [-0.25, -0.2) is 10.8 Å². The van der Waals surface area contributed by atoms with Crippen molar-refractivity contribution in [2.24, 2.45) is 5.84 Å². The number of hydrazine groups is 1. The third-order valence-corrected chi connectivity index (χ3v) is 2.54. The van der Waals surface area contributed by atoms with E-state index < -0.39 is 11.7 Å². The highest BCUT2D eigenvalue weighted by atomic mass is 19.4. The first kappa shape index (κ1) is 14.1. The Morgan fingerprint density at radius 2 is 2.00 bits per heavy atom. The van der Waals surface area contributed by atoms with Gasteiger partial charge in [0.15, 0.2) is 0 Å². The van der Waals surface area contributed by atoms with Gasteiger partial charge in [-0.2, -0.15) is 13.2 Å². The highest BCUT2D eigenvalue weighted by Gasteiger charge is 2.30. The molecule has 106 valence electrons. The number of nitrogens with zero attached hydrogens (tertiary/aromatic N) is 1. The van der Waals surface area contributed by atoms with Crippen molar-refractivity contribution in [2.75, 3.05) is 5.43 Å². The molecule has 0 aliphatic carbocycles. The van der Waals surface area contributed by atoms with Crippen LogP contribution in [0.25, 0.3) is 0 Å². The largest absolute Gasteiger partial charge is 0.489 e. The highest BCUT2D eigenvalue weighted by molar-refractivity contribution is 5.34. The Hall–Kier alpha value is -2.28. The lowest BCUT2D eigenvalue weighted by Crippen LogP contribution is -2.08. The van der Waals surface area contributed by atoms with E-state index in [1.807, 2.05) is 0 Å². The van der Waals surface area contributed by atoms with Gasteiger partial charge < -0.3 is 10.2 Å². The Kier molecular flexibility index (Phi) is 4.09. The molecule has 0 unspecified atom stereocenters. The van der Waals surface area contributed by atoms with Gasteiger partial charge in [0.2, 0.25) is 0 Å². The van der Waals surface area contributed by atoms with Crippen molar-refractivity contribution in [1.82, 2.24) is 4.98 Å². The third kappa shape index (κ3) is 3.61. The van der Waals surface area contributed by atoms with Crippen LogP contribution in [0.4, 0.5) is 19.0 Å². The van der Waals surface area contributed by atoms with Crippen LogP contribution in [-0.2, 0) is 12.8 Å². The first-order valence-corrected chi connectivity index (χ1v) is 5.70. The number of ether oxygens (including phenoxy) is 1. The molecule has 2 aromatic rings. The molecule has 7 heteroatoms. The number of halogens is 3. The standard InChI is InChI=1S/C13H12F3N3O/c14-13(15,16)10-2-1-3-11(6-10)20-8-9-4-5-12(19-17)18-7-9/h1-7H,8,17H2,(H,18,19). The lowest BCUT2D eigenvalue weighted by Gasteiger charge is -2.10. The molecule has 0 amide bonds. The lowest BCUT2D eigenvalue weighted by molar-refractivity contribution is -0.137. The van der Waals surface area contributed by atoms with Crippen molar-refractivity contribution in [2.45, 2.75) is 12.8 Å². The summed E-state index contributed by atoms with van der Waals surface area (Å²) < 4.78 is 42.9. The Morgan fingerprint density at radius 3 is 2.60 bits per heavy atom. The quantitative estimate of drug-likeness (QED) is 0.669. The summed E-state index contributed by atoms with van der Waals surface area (Å²) in [6.07, 6.45) is -2.85. The summed E-state index contributed by atoms with van der Waals surface area (Å²) in [4.78, 5) is 3.97. The average molecular weight is 283 g/mol. The van der Waals surface area contributed by atoms with Gasteiger partial charge >= 0.3 is 6.18 Å². The number of nitrogens with two attached hydrogens (primary N) is 1. The topological polar surface area (TPSA) is 60.2 Å². The number of rotatable bonds is 4. The van der Waals surface area contributed by atoms with Gasteiger partial charge in [-0.15, -0.1) is 0 Å². The highest BCUT2D eigenvalue weighted by Crippen LogP contribution is 2.31. The monoisotopic (exact) mass is 283 g/mol. The molecule has 4 nitrogen and oxygen atoms in total. The zero-order valence-electron chi connectivity index (χ0n) is 10.3. The Bertz CT molecular complexity index is 570. The van der Waals surface area contributed by atoms with Gasteiger partial charge in [-0.3, -0.25) is 0 Å². The molecule has 0 radical (unpaired) electrons. The number of nitrogen functional groups attached to an aromatic ring is 1. The van der Waals surface area contributed by atoms with Crippen LogP contribution in [0.15, 0.2) is 42.6 Å². The molecular weight excluding hydrogens is 271 g/mol. The maximum Gasteiger partial charge on any atom is 0.416 e. The Balaban J connectivity index is 2.03. The van der Waals surface area contributed by atoms with Gasteiger partial charge in [0.25, 0.3) is 0 Å². The molecule has 1 heterocycles. The van der Waals surface area contributed by atoms with Crippen LogP contribution in [0.2, 0.25) is 0 Å². The number of pyridine rings is 1. The lowest BCUT2D eigenvalue weighted by atomic mass is 10.2. The minimum Gasteiger partial charge on any atom is -0.489 e. The second-order valence-corrected chi connectivity index (χ2v) is 4.01. The van der Waals surface area contributed by atoms with Gasteiger partial charge in [-0.05, 0) is 24.3 Å². The molecule has 0 aliphatic heterocycles. The van der Waals surface area contributed by atoms with Crippen molar-refractivity contribution >= 4 is 5.82 Å². The summed E-state index contributed by atoms with van der Waals surface area (Å²) in [5, 5.41) is 0. The SMILES string of the molecule is NNc1ccc(COc2cccc(C(F)(F)F)c2)cn1. The molecule has 20 heavy (non-hydrogen) atoms. The minimum absolute atomic E-state index is 0.124. The van der Waals surface area contributed by atoms with Crippen molar-refractivity contribution < 1.29 is 17.9 Å². The average Bonchev–Trinajstić information content (AvgIpc) is 2.45. The molecule has 0 saturated carbocycles. The summed E-state index contributed by atoms with van der Waals surface area (Å²) in [6.45, 7) is 0.124. The molecule has 0 saturated heterocycles. The molecule has 3 N–H and O–H groups in total. The molecular formula is C13H12F3N3O. The smallest absolute Gasteiger partial charge is 0.416 e. The summed E-state index contributed by atoms with van der Waals surface area (Å²) in [5.41, 5.74) is 2.36. The van der Waals surface area contributed by atoms with E-state index in [0.29, 0.717) is 5.82 Å². The van der Waals surface area contributed by atoms with E-state index in [1.54, 1.807) is 12.1 Å². The molecule has 1 aromatic heterocycles. The van der Waals surface area contributed by atoms with Crippen LogP contribution in [-0.4, -0.2) is 4.98 Å². The second-order valence-electron chi connectivity index (χ2n) is 4.01. The van der Waals surface area contributed by atoms with Crippen molar-refractivity contribution in [1.29, 1.82) is 0 Å². The van der Waals surface area contributed by atoms with Crippen molar-refractivity contribution in [3.8, 4) is 5.75 Å². The second kappa shape index (κ2) is 5.79. The van der Waals surface area contributed by atoms with Crippen LogP contribution in [0, 0.1) is 0 Å². The van der Waals surface area contributed by atoms with E-state index in [4.69, 9.17) is 10.6 Å². The number of nitrogens with one attached hydrogen (secondary N) is 1. The van der Waals surface area contributed by atoms with Gasteiger partial charge in [0.05, 0.1) is 5.56 Å². The molecule has 1 aromatic carbocycles. The van der Waals surface area contributed by atoms with Gasteiger partial charge in [-0.1, -0.05) is 12.1 Å². The number of aromatic nitrogens is 1. The van der Waals surface area contributed by atoms with Crippen LogP contribution >= 0.6 is 0 Å². The predicted molar refractivity (Wildman–Crippen MR) is 67.8 cm³/mol. The van der Waals surface area contributed by atoms with Crippen molar-refractivity contribution in [3.05, 3.63) is 53.7 Å². The van der Waals surface area contributed by atoms with E-state index in [1.165, 1.54) is 18.3 Å². The molecule has 0 spiro atoms. The third-order valence-electron chi connectivity index (χ3n) is 2.54. The summed E-state index contributed by atoms with van der Waals surface area (Å²) >= 11 is 0. The number of anilines is 1. The fraction of sp³-hybridized carbons (Fsp3) is 0.154. The Labute approximate surface area is 113 Å². The molecule has 2 rings (SSSR count). The molecule has 0 aliphatic rings. The van der Waals surface area contributed by atoms with Crippen LogP contribution in [0.1, 0.15) is 11.1 Å². The van der Waals surface area contributed by atoms with E-state index in [0.717, 1.165) is 17.7 Å². The number of benzene rings is 1. The van der Waals surface area contributed by atoms with Crippen molar-refractivity contribution in [3.63, 3.8) is 0 Å². The number of hydrogen-bond donors (Lipinski definition) is 2. The van der Waals surface area contributed by atoms with Crippen LogP contribution in [0.5, 0.6) is 5.75 Å². The van der Waals surface area contributed by atoms with E-state index in [9.17, 15) is 13.2 Å². The number of alkyl halides is 3. The summed E-state index contributed by atoms with van der Waals surface area (Å²) in [6, 6.07) is 8.09. The predicted octanol–water partition coefficient (Wildman–Crippen LogP) is 2.97. The minimum atomic E-state index is -4.38. The summed E-state index contributed by atoms with van der Waals surface area (Å²) in [7, 11) is 0. The van der Waals surface area contributed by atoms with Gasteiger partial charge in [0, 0.05) is 11.8 Å². The zero-order chi connectivity index (χ0) is 14.6. The first-order chi connectivity index (χ1) is 9.49. The maximum absolute atomic E-state index is 12.5. The zero-order valence-corrected chi connectivity index (χ0v) is 10.3. The fourth-order valence-electron chi connectivity index (χ4n) is 1.52. The first-order valence-electron chi connectivity index (χ1n) is 5.70. The summed E-state index contributed by atoms with van der Waals surface area (Å²) in [5.74, 6) is 5.82. The molecule has 0 atom stereocenters. The fourth-order valence-corrected chi connectivity index (χ4v) is 1.52. The van der Waals surface area contributed by atoms with E-state index >= 15 is 0 Å². The number of hydrogen-bond acceptors (Lipinski definition) is 4. The van der Waals surface area contributed by atoms with E-state index in [2.05, 4.69) is 10.4 Å². The Morgan fingerprint density at radius 1 is 1.20 bits per heavy atom. The van der Waals surface area contributed by atoms with Crippen LogP contribution in [0.3, 0.4) is 0 Å². The molecule has 0 bridgehead atoms. The molecule has 0 fully saturated rings. The van der Waals surface area contributed by atoms with Crippen LogP contribution < -0.4 is 16.0 Å². The normalized spacial score (nSPS) is 11.2. The maximum atomic E-state index is 12.5. The van der Waals surface area contributed by atoms with E-state index in [-0.39, 0.29) is 12.4 Å².